The van der Waals surface area contributed by atoms with Gasteiger partial charge in [0.05, 0.1) is 5.52 Å². The van der Waals surface area contributed by atoms with Crippen molar-refractivity contribution >= 4 is 46.0 Å². The normalized spacial score (nSPS) is 17.4. The third kappa shape index (κ3) is 5.58. The van der Waals surface area contributed by atoms with Crippen LogP contribution in [-0.4, -0.2) is 48.0 Å². The third-order valence-corrected chi connectivity index (χ3v) is 7.93. The molecular weight excluding hydrogens is 468 g/mol. The Labute approximate surface area is 219 Å². The summed E-state index contributed by atoms with van der Waals surface area (Å²) in [6, 6.07) is 14.8. The number of halogens is 1. The van der Waals surface area contributed by atoms with E-state index in [-0.39, 0.29) is 5.91 Å². The summed E-state index contributed by atoms with van der Waals surface area (Å²) in [6.45, 7) is 8.88. The van der Waals surface area contributed by atoms with Crippen LogP contribution in [0.5, 0.6) is 0 Å². The highest BCUT2D eigenvalue weighted by Gasteiger charge is 2.27. The van der Waals surface area contributed by atoms with E-state index in [1.165, 1.54) is 56.0 Å². The number of benzene rings is 2. The van der Waals surface area contributed by atoms with E-state index < -0.39 is 0 Å². The molecule has 0 spiro atoms. The van der Waals surface area contributed by atoms with Gasteiger partial charge in [0, 0.05) is 41.3 Å². The molecule has 6 heteroatoms. The highest BCUT2D eigenvalue weighted by atomic mass is 35.5. The molecule has 0 radical (unpaired) electrons. The number of carbonyl (C=O) groups excluding carboxylic acids is 1. The summed E-state index contributed by atoms with van der Waals surface area (Å²) in [5.74, 6) is 0.874. The molecule has 36 heavy (non-hydrogen) atoms. The SMILES string of the molecule is CCc1ccc(/C=C/C(=O)Nc2ccc3nc(N4CCC(N5CCCC5)CC4)cc(C)c3c2)c(Cl)c1. The molecule has 0 saturated carbocycles. The molecule has 2 aliphatic rings. The lowest BCUT2D eigenvalue weighted by atomic mass is 10.0. The Morgan fingerprint density at radius 1 is 1.08 bits per heavy atom. The fourth-order valence-corrected chi connectivity index (χ4v) is 5.72. The molecule has 3 aromatic rings. The van der Waals surface area contributed by atoms with Crippen molar-refractivity contribution in [1.82, 2.24) is 9.88 Å². The number of anilines is 2. The summed E-state index contributed by atoms with van der Waals surface area (Å²) in [7, 11) is 0. The Morgan fingerprint density at radius 3 is 2.58 bits per heavy atom. The predicted molar refractivity (Wildman–Crippen MR) is 151 cm³/mol. The zero-order valence-electron chi connectivity index (χ0n) is 21.3. The Kier molecular flexibility index (Phi) is 7.59. The number of nitrogens with zero attached hydrogens (tertiary/aromatic N) is 3. The number of aryl methyl sites for hydroxylation is 2. The molecule has 1 aromatic heterocycles. The minimum absolute atomic E-state index is 0.187. The number of carbonyl (C=O) groups is 1. The van der Waals surface area contributed by atoms with Crippen molar-refractivity contribution in [3.05, 3.63) is 70.3 Å². The van der Waals surface area contributed by atoms with Crippen molar-refractivity contribution in [3.63, 3.8) is 0 Å². The highest BCUT2D eigenvalue weighted by molar-refractivity contribution is 6.32. The van der Waals surface area contributed by atoms with E-state index in [1.54, 1.807) is 6.08 Å². The molecule has 5 nitrogen and oxygen atoms in total. The summed E-state index contributed by atoms with van der Waals surface area (Å²) >= 11 is 6.34. The molecule has 0 atom stereocenters. The van der Waals surface area contributed by atoms with Crippen LogP contribution < -0.4 is 10.2 Å². The van der Waals surface area contributed by atoms with Gasteiger partial charge in [0.2, 0.25) is 5.91 Å². The van der Waals surface area contributed by atoms with Crippen molar-refractivity contribution in [1.29, 1.82) is 0 Å². The number of amides is 1. The molecule has 2 aliphatic heterocycles. The van der Waals surface area contributed by atoms with Gasteiger partial charge < -0.3 is 15.1 Å². The summed E-state index contributed by atoms with van der Waals surface area (Å²) in [5, 5.41) is 4.69. The first-order chi connectivity index (χ1) is 17.5. The van der Waals surface area contributed by atoms with Gasteiger partial charge in [0.25, 0.3) is 0 Å². The molecule has 2 saturated heterocycles. The standard InChI is InChI=1S/C30H35ClN4O/c1-3-22-6-7-23(27(31)19-22)8-11-30(36)32-24-9-10-28-26(20-24)21(2)18-29(33-28)35-16-12-25(13-17-35)34-14-4-5-15-34/h6-11,18-20,25H,3-5,12-17H2,1-2H3,(H,32,36)/b11-8+. The minimum Gasteiger partial charge on any atom is -0.356 e. The maximum absolute atomic E-state index is 12.6. The van der Waals surface area contributed by atoms with Crippen LogP contribution in [0, 0.1) is 6.92 Å². The van der Waals surface area contributed by atoms with Gasteiger partial charge in [-0.3, -0.25) is 4.79 Å². The Hall–Kier alpha value is -2.89. The molecule has 5 rings (SSSR count). The van der Waals surface area contributed by atoms with Gasteiger partial charge in [-0.05, 0) is 105 Å². The number of rotatable bonds is 6. The van der Waals surface area contributed by atoms with Crippen molar-refractivity contribution < 1.29 is 4.79 Å². The lowest BCUT2D eigenvalue weighted by Crippen LogP contribution is -2.44. The van der Waals surface area contributed by atoms with Gasteiger partial charge >= 0.3 is 0 Å². The molecule has 188 valence electrons. The first kappa shape index (κ1) is 24.8. The quantitative estimate of drug-likeness (QED) is 0.392. The van der Waals surface area contributed by atoms with E-state index >= 15 is 0 Å². The number of piperidine rings is 1. The Morgan fingerprint density at radius 2 is 1.86 bits per heavy atom. The molecular formula is C30H35ClN4O. The summed E-state index contributed by atoms with van der Waals surface area (Å²) < 4.78 is 0. The molecule has 2 fully saturated rings. The number of hydrogen-bond donors (Lipinski definition) is 1. The van der Waals surface area contributed by atoms with Crippen LogP contribution in [-0.2, 0) is 11.2 Å². The third-order valence-electron chi connectivity index (χ3n) is 7.60. The molecule has 0 unspecified atom stereocenters. The monoisotopic (exact) mass is 502 g/mol. The van der Waals surface area contributed by atoms with Crippen LogP contribution in [0.25, 0.3) is 17.0 Å². The number of hydrogen-bond acceptors (Lipinski definition) is 4. The first-order valence-corrected chi connectivity index (χ1v) is 13.6. The van der Waals surface area contributed by atoms with Gasteiger partial charge in [-0.25, -0.2) is 4.98 Å². The molecule has 1 N–H and O–H groups in total. The topological polar surface area (TPSA) is 48.5 Å². The lowest BCUT2D eigenvalue weighted by molar-refractivity contribution is -0.111. The average Bonchev–Trinajstić information content (AvgIpc) is 3.43. The van der Waals surface area contributed by atoms with Gasteiger partial charge in [-0.2, -0.15) is 0 Å². The van der Waals surface area contributed by atoms with Crippen molar-refractivity contribution in [2.45, 2.75) is 52.0 Å². The second kappa shape index (κ2) is 11.0. The maximum atomic E-state index is 12.6. The minimum atomic E-state index is -0.187. The van der Waals surface area contributed by atoms with Gasteiger partial charge in [-0.1, -0.05) is 30.7 Å². The highest BCUT2D eigenvalue weighted by Crippen LogP contribution is 2.29. The van der Waals surface area contributed by atoms with Crippen molar-refractivity contribution in [3.8, 4) is 0 Å². The van der Waals surface area contributed by atoms with E-state index in [2.05, 4.69) is 35.0 Å². The number of fused-ring (bicyclic) bond motifs is 1. The molecule has 2 aromatic carbocycles. The molecule has 0 bridgehead atoms. The van der Waals surface area contributed by atoms with Crippen LogP contribution >= 0.6 is 11.6 Å². The van der Waals surface area contributed by atoms with Gasteiger partial charge in [0.15, 0.2) is 0 Å². The second-order valence-electron chi connectivity index (χ2n) is 10.0. The summed E-state index contributed by atoms with van der Waals surface area (Å²) in [4.78, 5) is 22.6. The van der Waals surface area contributed by atoms with E-state index in [0.717, 1.165) is 53.5 Å². The maximum Gasteiger partial charge on any atom is 0.248 e. The fraction of sp³-hybridized carbons (Fsp3) is 0.400. The van der Waals surface area contributed by atoms with E-state index in [4.69, 9.17) is 16.6 Å². The smallest absolute Gasteiger partial charge is 0.248 e. The van der Waals surface area contributed by atoms with E-state index in [1.807, 2.05) is 36.4 Å². The predicted octanol–water partition coefficient (Wildman–Crippen LogP) is 6.48. The Balaban J connectivity index is 1.25. The fourth-order valence-electron chi connectivity index (χ4n) is 5.46. The second-order valence-corrected chi connectivity index (χ2v) is 10.4. The first-order valence-electron chi connectivity index (χ1n) is 13.2. The lowest BCUT2D eigenvalue weighted by Gasteiger charge is -2.37. The zero-order valence-corrected chi connectivity index (χ0v) is 22.0. The Bertz CT molecular complexity index is 1270. The van der Waals surface area contributed by atoms with Crippen LogP contribution in [0.4, 0.5) is 11.5 Å². The van der Waals surface area contributed by atoms with Crippen LogP contribution in [0.3, 0.4) is 0 Å². The van der Waals surface area contributed by atoms with E-state index in [0.29, 0.717) is 5.02 Å². The molecule has 1 amide bonds. The zero-order chi connectivity index (χ0) is 25.1. The number of pyridine rings is 1. The number of aromatic nitrogens is 1. The molecule has 0 aliphatic carbocycles. The van der Waals surface area contributed by atoms with Gasteiger partial charge in [0.1, 0.15) is 5.82 Å². The summed E-state index contributed by atoms with van der Waals surface area (Å²) in [6.07, 6.45) is 9.34. The van der Waals surface area contributed by atoms with E-state index in [9.17, 15) is 4.79 Å². The van der Waals surface area contributed by atoms with Crippen molar-refractivity contribution in [2.75, 3.05) is 36.4 Å². The largest absolute Gasteiger partial charge is 0.356 e. The van der Waals surface area contributed by atoms with Crippen LogP contribution in [0.2, 0.25) is 5.02 Å². The van der Waals surface area contributed by atoms with Gasteiger partial charge in [-0.15, -0.1) is 0 Å². The number of likely N-dealkylation sites (tertiary alicyclic amines) is 1. The molecule has 3 heterocycles. The van der Waals surface area contributed by atoms with Crippen molar-refractivity contribution in [2.24, 2.45) is 0 Å². The van der Waals surface area contributed by atoms with Crippen LogP contribution in [0.1, 0.15) is 49.3 Å². The summed E-state index contributed by atoms with van der Waals surface area (Å²) in [5.41, 5.74) is 4.90. The number of nitrogens with one attached hydrogen (secondary N) is 1. The average molecular weight is 503 g/mol. The van der Waals surface area contributed by atoms with Crippen LogP contribution in [0.15, 0.2) is 48.5 Å².